The average Bonchev–Trinajstić information content (AvgIpc) is 2.75. The van der Waals surface area contributed by atoms with Gasteiger partial charge in [-0.15, -0.1) is 0 Å². The third kappa shape index (κ3) is 7.41. The molecule has 1 aromatic heterocycles. The number of aromatic amines is 1. The van der Waals surface area contributed by atoms with Crippen LogP contribution in [0.5, 0.6) is 0 Å². The Morgan fingerprint density at radius 1 is 1.08 bits per heavy atom. The minimum absolute atomic E-state index is 0.135. The molecule has 0 atom stereocenters. The summed E-state index contributed by atoms with van der Waals surface area (Å²) in [5.41, 5.74) is 5.32. The van der Waals surface area contributed by atoms with Crippen LogP contribution in [0, 0.1) is 0 Å². The van der Waals surface area contributed by atoms with Gasteiger partial charge in [0.05, 0.1) is 5.69 Å². The molecular weight excluding hydrogens is 340 g/mol. The lowest BCUT2D eigenvalue weighted by molar-refractivity contribution is 0.0545. The number of rotatable bonds is 2. The number of hydrogen-bond donors (Lipinski definition) is 4. The van der Waals surface area contributed by atoms with Gasteiger partial charge in [0.25, 0.3) is 0 Å². The average molecular weight is 368 g/mol. The van der Waals surface area contributed by atoms with Crippen molar-refractivity contribution >= 4 is 29.7 Å². The third-order valence-corrected chi connectivity index (χ3v) is 2.66. The number of ether oxygens (including phenoxy) is 2. The van der Waals surface area contributed by atoms with E-state index in [4.69, 9.17) is 15.2 Å². The molecule has 0 aliphatic carbocycles. The van der Waals surface area contributed by atoms with Crippen LogP contribution in [-0.4, -0.2) is 39.5 Å². The molecule has 0 aliphatic heterocycles. The number of carbonyl (C=O) groups excluding carboxylic acids is 2. The molecule has 10 heteroatoms. The first-order valence-electron chi connectivity index (χ1n) is 8.22. The summed E-state index contributed by atoms with van der Waals surface area (Å²) in [7, 11) is 0. The molecule has 0 aliphatic rings. The van der Waals surface area contributed by atoms with Gasteiger partial charge in [-0.2, -0.15) is 5.10 Å². The first-order valence-corrected chi connectivity index (χ1v) is 8.22. The quantitative estimate of drug-likeness (QED) is 0.466. The Balaban J connectivity index is 3.08. The van der Waals surface area contributed by atoms with Crippen LogP contribution >= 0.6 is 0 Å². The topological polar surface area (TPSA) is 144 Å². The van der Waals surface area contributed by atoms with Gasteiger partial charge in [0.2, 0.25) is 5.96 Å². The van der Waals surface area contributed by atoms with E-state index < -0.39 is 23.4 Å². The van der Waals surface area contributed by atoms with Gasteiger partial charge in [0, 0.05) is 0 Å². The van der Waals surface area contributed by atoms with E-state index in [1.54, 1.807) is 41.5 Å². The van der Waals surface area contributed by atoms with E-state index in [1.165, 1.54) is 0 Å². The Kier molecular flexibility index (Phi) is 6.60. The Hall–Kier alpha value is -2.78. The number of nitrogen functional groups attached to an aromatic ring is 1. The van der Waals surface area contributed by atoms with Gasteiger partial charge >= 0.3 is 12.2 Å². The molecule has 0 aromatic carbocycles. The molecule has 1 aromatic rings. The first kappa shape index (κ1) is 21.3. The summed E-state index contributed by atoms with van der Waals surface area (Å²) in [4.78, 5) is 28.3. The number of nitrogens with one attached hydrogen (secondary N) is 3. The van der Waals surface area contributed by atoms with Crippen molar-refractivity contribution in [2.45, 2.75) is 66.1 Å². The van der Waals surface area contributed by atoms with Gasteiger partial charge in [0.15, 0.2) is 5.82 Å². The van der Waals surface area contributed by atoms with Gasteiger partial charge in [-0.25, -0.2) is 14.6 Å². The highest BCUT2D eigenvalue weighted by Crippen LogP contribution is 2.24. The predicted octanol–water partition coefficient (Wildman–Crippen LogP) is 2.59. The molecule has 0 spiro atoms. The number of carbonyl (C=O) groups is 2. The van der Waals surface area contributed by atoms with Crippen molar-refractivity contribution in [3.63, 3.8) is 0 Å². The summed E-state index contributed by atoms with van der Waals surface area (Å²) in [6.07, 6.45) is -0.991. The summed E-state index contributed by atoms with van der Waals surface area (Å²) in [6, 6.07) is 0. The Labute approximate surface area is 152 Å². The normalized spacial score (nSPS) is 11.5. The van der Waals surface area contributed by atoms with Crippen molar-refractivity contribution in [1.29, 1.82) is 0 Å². The van der Waals surface area contributed by atoms with Gasteiger partial charge < -0.3 is 15.2 Å². The fourth-order valence-corrected chi connectivity index (χ4v) is 1.76. The van der Waals surface area contributed by atoms with Crippen LogP contribution < -0.4 is 16.4 Å². The lowest BCUT2D eigenvalue weighted by atomic mass is 10.2. The number of nitrogens with two attached hydrogens (primary N) is 1. The highest BCUT2D eigenvalue weighted by molar-refractivity contribution is 6.02. The van der Waals surface area contributed by atoms with Crippen LogP contribution in [0.2, 0.25) is 0 Å². The van der Waals surface area contributed by atoms with Crippen molar-refractivity contribution < 1.29 is 19.1 Å². The summed E-state index contributed by atoms with van der Waals surface area (Å²) < 4.78 is 10.4. The standard InChI is InChI=1S/C16H28N6O4/c1-8-9-10(11(17)22-21-9)18-12(19-13(23)25-15(2,3)4)20-14(24)26-16(5,6)7/h8H2,1-7H3,(H3,17,21,22)(H2,18,19,20,23,24). The second kappa shape index (κ2) is 8.07. The van der Waals surface area contributed by atoms with E-state index in [9.17, 15) is 9.59 Å². The van der Waals surface area contributed by atoms with Crippen LogP contribution in [0.1, 0.15) is 54.2 Å². The van der Waals surface area contributed by atoms with E-state index >= 15 is 0 Å². The lowest BCUT2D eigenvalue weighted by Gasteiger charge is -2.22. The van der Waals surface area contributed by atoms with Crippen LogP contribution in [0.15, 0.2) is 4.99 Å². The maximum atomic E-state index is 12.0. The number of alkyl carbamates (subject to hydrolysis) is 2. The number of amides is 2. The maximum absolute atomic E-state index is 12.0. The molecule has 2 amide bonds. The fraction of sp³-hybridized carbons (Fsp3) is 0.625. The smallest absolute Gasteiger partial charge is 0.414 e. The molecule has 0 unspecified atom stereocenters. The number of anilines is 1. The summed E-state index contributed by atoms with van der Waals surface area (Å²) >= 11 is 0. The Morgan fingerprint density at radius 2 is 1.54 bits per heavy atom. The number of aromatic nitrogens is 2. The van der Waals surface area contributed by atoms with E-state index in [1.807, 2.05) is 6.92 Å². The number of nitrogens with zero attached hydrogens (tertiary/aromatic N) is 2. The van der Waals surface area contributed by atoms with Gasteiger partial charge in [0.1, 0.15) is 16.9 Å². The lowest BCUT2D eigenvalue weighted by Crippen LogP contribution is -2.47. The van der Waals surface area contributed by atoms with Crippen molar-refractivity contribution in [3.05, 3.63) is 5.69 Å². The van der Waals surface area contributed by atoms with Crippen LogP contribution in [0.4, 0.5) is 21.1 Å². The number of guanidine groups is 1. The SMILES string of the molecule is CCc1[nH]nc(N)c1N=C(NC(=O)OC(C)(C)C)NC(=O)OC(C)(C)C. The van der Waals surface area contributed by atoms with Gasteiger partial charge in [-0.3, -0.25) is 15.7 Å². The second-order valence-electron chi connectivity index (χ2n) is 7.50. The molecule has 5 N–H and O–H groups in total. The van der Waals surface area contributed by atoms with E-state index in [-0.39, 0.29) is 11.8 Å². The molecule has 0 saturated carbocycles. The first-order chi connectivity index (χ1) is 11.8. The van der Waals surface area contributed by atoms with Gasteiger partial charge in [-0.05, 0) is 48.0 Å². The molecular formula is C16H28N6O4. The van der Waals surface area contributed by atoms with Crippen molar-refractivity contribution in [3.8, 4) is 0 Å². The molecule has 0 radical (unpaired) electrons. The van der Waals surface area contributed by atoms with Gasteiger partial charge in [-0.1, -0.05) is 6.92 Å². The number of hydrogen-bond acceptors (Lipinski definition) is 7. The summed E-state index contributed by atoms with van der Waals surface area (Å²) in [5, 5.41) is 11.4. The molecule has 1 heterocycles. The fourth-order valence-electron chi connectivity index (χ4n) is 1.76. The summed E-state index contributed by atoms with van der Waals surface area (Å²) in [5.74, 6) is -0.0485. The predicted molar refractivity (Wildman–Crippen MR) is 98.2 cm³/mol. The number of aryl methyl sites for hydroxylation is 1. The van der Waals surface area contributed by atoms with Crippen molar-refractivity contribution in [2.75, 3.05) is 5.73 Å². The van der Waals surface area contributed by atoms with Crippen LogP contribution in [-0.2, 0) is 15.9 Å². The largest absolute Gasteiger partial charge is 0.444 e. The molecule has 0 fully saturated rings. The second-order valence-corrected chi connectivity index (χ2v) is 7.50. The minimum Gasteiger partial charge on any atom is -0.444 e. The van der Waals surface area contributed by atoms with E-state index in [0.717, 1.165) is 0 Å². The van der Waals surface area contributed by atoms with Crippen molar-refractivity contribution in [1.82, 2.24) is 20.8 Å². The van der Waals surface area contributed by atoms with Crippen LogP contribution in [0.3, 0.4) is 0 Å². The summed E-state index contributed by atoms with van der Waals surface area (Å²) in [6.45, 7) is 12.2. The zero-order valence-corrected chi connectivity index (χ0v) is 16.3. The number of aliphatic imine (C=N–C) groups is 1. The molecule has 1 rings (SSSR count). The van der Waals surface area contributed by atoms with Crippen molar-refractivity contribution in [2.24, 2.45) is 4.99 Å². The maximum Gasteiger partial charge on any atom is 0.414 e. The van der Waals surface area contributed by atoms with E-state index in [2.05, 4.69) is 25.8 Å². The molecule has 10 nitrogen and oxygen atoms in total. The highest BCUT2D eigenvalue weighted by atomic mass is 16.6. The molecule has 26 heavy (non-hydrogen) atoms. The third-order valence-electron chi connectivity index (χ3n) is 2.66. The molecule has 146 valence electrons. The number of H-pyrrole nitrogens is 1. The minimum atomic E-state index is -0.785. The Bertz CT molecular complexity index is 650. The Morgan fingerprint density at radius 3 is 1.92 bits per heavy atom. The zero-order valence-electron chi connectivity index (χ0n) is 16.3. The van der Waals surface area contributed by atoms with Crippen LogP contribution in [0.25, 0.3) is 0 Å². The zero-order chi connectivity index (χ0) is 20.1. The molecule has 0 bridgehead atoms. The highest BCUT2D eigenvalue weighted by Gasteiger charge is 2.22. The monoisotopic (exact) mass is 368 g/mol. The molecule has 0 saturated heterocycles. The van der Waals surface area contributed by atoms with E-state index in [0.29, 0.717) is 17.8 Å².